The Kier molecular flexibility index (Phi) is 3.87. The van der Waals surface area contributed by atoms with Gasteiger partial charge < -0.3 is 16.8 Å². The van der Waals surface area contributed by atoms with Gasteiger partial charge >= 0.3 is 6.18 Å². The van der Waals surface area contributed by atoms with Gasteiger partial charge in [0.1, 0.15) is 0 Å². The van der Waals surface area contributed by atoms with E-state index in [1.165, 1.54) is 0 Å². The first-order chi connectivity index (χ1) is 7.38. The predicted octanol–water partition coefficient (Wildman–Crippen LogP) is 2.61. The van der Waals surface area contributed by atoms with Crippen molar-refractivity contribution in [2.75, 3.05) is 23.3 Å². The van der Waals surface area contributed by atoms with Crippen molar-refractivity contribution in [1.29, 1.82) is 0 Å². The van der Waals surface area contributed by atoms with Crippen LogP contribution in [0, 0.1) is 0 Å². The number of hydrogen-bond donors (Lipinski definition) is 3. The first kappa shape index (κ1) is 12.5. The Hall–Kier alpha value is -1.59. The number of alkyl halides is 3. The lowest BCUT2D eigenvalue weighted by molar-refractivity contribution is -0.134. The number of nitrogens with one attached hydrogen (secondary N) is 1. The molecule has 0 bridgehead atoms. The van der Waals surface area contributed by atoms with E-state index in [1.54, 1.807) is 18.2 Å². The first-order valence-electron chi connectivity index (χ1n) is 4.84. The molecule has 3 nitrogen and oxygen atoms in total. The lowest BCUT2D eigenvalue weighted by Crippen LogP contribution is -2.11. The van der Waals surface area contributed by atoms with E-state index in [9.17, 15) is 13.2 Å². The summed E-state index contributed by atoms with van der Waals surface area (Å²) in [6.45, 7) is 0.253. The minimum atomic E-state index is -4.10. The van der Waals surface area contributed by atoms with Gasteiger partial charge in [0, 0.05) is 18.7 Å². The molecule has 5 N–H and O–H groups in total. The second-order valence-electron chi connectivity index (χ2n) is 3.49. The van der Waals surface area contributed by atoms with Crippen LogP contribution >= 0.6 is 0 Å². The maximum Gasteiger partial charge on any atom is 0.389 e. The van der Waals surface area contributed by atoms with Gasteiger partial charge in [-0.2, -0.15) is 13.2 Å². The van der Waals surface area contributed by atoms with Gasteiger partial charge in [0.05, 0.1) is 11.4 Å². The van der Waals surface area contributed by atoms with Gasteiger partial charge in [-0.15, -0.1) is 0 Å². The standard InChI is InChI=1S/C10H14F3N3/c11-10(12,13)4-1-5-16-7-2-3-8(14)9(15)6-7/h2-3,6,16H,1,4-5,14-15H2. The average Bonchev–Trinajstić information content (AvgIpc) is 2.17. The Morgan fingerprint density at radius 1 is 1.12 bits per heavy atom. The lowest BCUT2D eigenvalue weighted by Gasteiger charge is -2.09. The fourth-order valence-electron chi connectivity index (χ4n) is 1.21. The summed E-state index contributed by atoms with van der Waals surface area (Å²) in [6, 6.07) is 4.89. The smallest absolute Gasteiger partial charge is 0.389 e. The van der Waals surface area contributed by atoms with Crippen molar-refractivity contribution in [3.05, 3.63) is 18.2 Å². The van der Waals surface area contributed by atoms with Crippen LogP contribution in [0.15, 0.2) is 18.2 Å². The molecule has 0 heterocycles. The molecule has 0 fully saturated rings. The third-order valence-corrected chi connectivity index (χ3v) is 2.05. The maximum absolute atomic E-state index is 11.8. The van der Waals surface area contributed by atoms with Crippen LogP contribution in [0.4, 0.5) is 30.2 Å². The highest BCUT2D eigenvalue weighted by molar-refractivity contribution is 5.69. The summed E-state index contributed by atoms with van der Waals surface area (Å²) >= 11 is 0. The molecule has 1 aromatic rings. The van der Waals surface area contributed by atoms with Crippen LogP contribution in [0.1, 0.15) is 12.8 Å². The van der Waals surface area contributed by atoms with Gasteiger partial charge in [-0.05, 0) is 24.6 Å². The average molecular weight is 233 g/mol. The zero-order chi connectivity index (χ0) is 12.2. The Balaban J connectivity index is 2.35. The molecule has 0 aliphatic heterocycles. The van der Waals surface area contributed by atoms with E-state index in [2.05, 4.69) is 5.32 Å². The zero-order valence-corrected chi connectivity index (χ0v) is 8.64. The van der Waals surface area contributed by atoms with Crippen LogP contribution in [0.5, 0.6) is 0 Å². The van der Waals surface area contributed by atoms with E-state index < -0.39 is 12.6 Å². The van der Waals surface area contributed by atoms with Crippen molar-refractivity contribution in [3.63, 3.8) is 0 Å². The number of anilines is 3. The number of rotatable bonds is 4. The Bertz CT molecular complexity index is 350. The Morgan fingerprint density at radius 3 is 2.38 bits per heavy atom. The maximum atomic E-state index is 11.8. The molecule has 0 atom stereocenters. The molecule has 0 saturated carbocycles. The molecule has 1 rings (SSSR count). The summed E-state index contributed by atoms with van der Waals surface area (Å²) in [5.74, 6) is 0. The molecule has 0 aromatic heterocycles. The van der Waals surface area contributed by atoms with Crippen LogP contribution in [-0.2, 0) is 0 Å². The number of hydrogen-bond acceptors (Lipinski definition) is 3. The topological polar surface area (TPSA) is 64.1 Å². The molecule has 0 aliphatic rings. The van der Waals surface area contributed by atoms with Crippen molar-refractivity contribution in [2.45, 2.75) is 19.0 Å². The fourth-order valence-corrected chi connectivity index (χ4v) is 1.21. The Morgan fingerprint density at radius 2 is 1.81 bits per heavy atom. The lowest BCUT2D eigenvalue weighted by atomic mass is 10.2. The largest absolute Gasteiger partial charge is 0.397 e. The SMILES string of the molecule is Nc1ccc(NCCCC(F)(F)F)cc1N. The summed E-state index contributed by atoms with van der Waals surface area (Å²) < 4.78 is 35.5. The molecule has 0 aliphatic carbocycles. The summed E-state index contributed by atoms with van der Waals surface area (Å²) in [5.41, 5.74) is 12.6. The zero-order valence-electron chi connectivity index (χ0n) is 8.64. The number of halogens is 3. The van der Waals surface area contributed by atoms with Gasteiger partial charge in [0.25, 0.3) is 0 Å². The van der Waals surface area contributed by atoms with E-state index in [-0.39, 0.29) is 13.0 Å². The molecule has 0 spiro atoms. The van der Waals surface area contributed by atoms with E-state index in [1.807, 2.05) is 0 Å². The highest BCUT2D eigenvalue weighted by Crippen LogP contribution is 2.22. The highest BCUT2D eigenvalue weighted by atomic mass is 19.4. The van der Waals surface area contributed by atoms with Gasteiger partial charge in [0.15, 0.2) is 0 Å². The quantitative estimate of drug-likeness (QED) is 0.553. The monoisotopic (exact) mass is 233 g/mol. The second-order valence-corrected chi connectivity index (χ2v) is 3.49. The van der Waals surface area contributed by atoms with Crippen LogP contribution in [0.2, 0.25) is 0 Å². The predicted molar refractivity (Wildman–Crippen MR) is 59.0 cm³/mol. The van der Waals surface area contributed by atoms with Gasteiger partial charge in [-0.1, -0.05) is 0 Å². The van der Waals surface area contributed by atoms with E-state index in [0.717, 1.165) is 0 Å². The third-order valence-electron chi connectivity index (χ3n) is 2.05. The summed E-state index contributed by atoms with van der Waals surface area (Å²) in [6.07, 6.45) is -4.85. The second kappa shape index (κ2) is 4.96. The minimum absolute atomic E-state index is 0.0355. The summed E-state index contributed by atoms with van der Waals surface area (Å²) in [5, 5.41) is 2.85. The van der Waals surface area contributed by atoms with Crippen molar-refractivity contribution in [2.24, 2.45) is 0 Å². The van der Waals surface area contributed by atoms with Crippen LogP contribution in [0.3, 0.4) is 0 Å². The van der Waals surface area contributed by atoms with Crippen molar-refractivity contribution in [1.82, 2.24) is 0 Å². The molecule has 1 aromatic carbocycles. The van der Waals surface area contributed by atoms with Crippen LogP contribution in [-0.4, -0.2) is 12.7 Å². The summed E-state index contributed by atoms with van der Waals surface area (Å²) in [4.78, 5) is 0. The molecule has 6 heteroatoms. The van der Waals surface area contributed by atoms with Crippen molar-refractivity contribution in [3.8, 4) is 0 Å². The molecular formula is C10H14F3N3. The van der Waals surface area contributed by atoms with E-state index in [4.69, 9.17) is 11.5 Å². The summed E-state index contributed by atoms with van der Waals surface area (Å²) in [7, 11) is 0. The van der Waals surface area contributed by atoms with Crippen molar-refractivity contribution < 1.29 is 13.2 Å². The first-order valence-corrected chi connectivity index (χ1v) is 4.84. The molecule has 0 amide bonds. The molecule has 0 unspecified atom stereocenters. The van der Waals surface area contributed by atoms with Crippen LogP contribution < -0.4 is 16.8 Å². The van der Waals surface area contributed by atoms with Gasteiger partial charge in [-0.25, -0.2) is 0 Å². The normalized spacial score (nSPS) is 11.4. The molecule has 90 valence electrons. The number of nitrogen functional groups attached to an aromatic ring is 2. The third kappa shape index (κ3) is 4.29. The number of nitrogens with two attached hydrogens (primary N) is 2. The van der Waals surface area contributed by atoms with Crippen LogP contribution in [0.25, 0.3) is 0 Å². The van der Waals surface area contributed by atoms with Crippen molar-refractivity contribution >= 4 is 17.1 Å². The number of benzene rings is 1. The highest BCUT2D eigenvalue weighted by Gasteiger charge is 2.25. The van der Waals surface area contributed by atoms with E-state index in [0.29, 0.717) is 17.1 Å². The van der Waals surface area contributed by atoms with E-state index >= 15 is 0 Å². The molecule has 0 radical (unpaired) electrons. The minimum Gasteiger partial charge on any atom is -0.397 e. The Labute approximate surface area is 91.6 Å². The fraction of sp³-hybridized carbons (Fsp3) is 0.400. The molecular weight excluding hydrogens is 219 g/mol. The molecule has 16 heavy (non-hydrogen) atoms. The molecule has 0 saturated heterocycles. The van der Waals surface area contributed by atoms with Gasteiger partial charge in [0.2, 0.25) is 0 Å². The van der Waals surface area contributed by atoms with Gasteiger partial charge in [-0.3, -0.25) is 0 Å².